The van der Waals surface area contributed by atoms with Crippen LogP contribution in [0.1, 0.15) is 253 Å². The summed E-state index contributed by atoms with van der Waals surface area (Å²) in [5.74, 6) is 3.77. The lowest BCUT2D eigenvalue weighted by Crippen LogP contribution is -2.57. The third-order valence-corrected chi connectivity index (χ3v) is 20.1. The Hall–Kier alpha value is -3.38. The number of hydrogen-bond acceptors (Lipinski definition) is 11. The lowest BCUT2D eigenvalue weighted by atomic mass is 9.78. The highest BCUT2D eigenvalue weighted by atomic mass is 16.5. The van der Waals surface area contributed by atoms with Gasteiger partial charge >= 0.3 is 6.03 Å². The third-order valence-electron chi connectivity index (χ3n) is 20.1. The molecular formula is C77H149N11O5. The number of likely N-dealkylation sites (tertiary alicyclic amines) is 7. The molecule has 16 nitrogen and oxygen atoms in total. The quantitative estimate of drug-likeness (QED) is 0.227. The zero-order valence-corrected chi connectivity index (χ0v) is 64.3. The van der Waals surface area contributed by atoms with Crippen molar-refractivity contribution in [1.29, 1.82) is 0 Å². The Bertz CT molecular complexity index is 2000. The smallest absolute Gasteiger partial charge is 0.320 e. The molecule has 0 radical (unpaired) electrons. The first-order valence-electron chi connectivity index (χ1n) is 37.9. The van der Waals surface area contributed by atoms with Gasteiger partial charge in [0, 0.05) is 152 Å². The van der Waals surface area contributed by atoms with Gasteiger partial charge in [-0.3, -0.25) is 24.2 Å². The van der Waals surface area contributed by atoms with E-state index in [-0.39, 0.29) is 6.03 Å². The van der Waals surface area contributed by atoms with Crippen molar-refractivity contribution < 1.29 is 23.9 Å². The maximum Gasteiger partial charge on any atom is 0.320 e. The Balaban J connectivity index is 0.000000355. The van der Waals surface area contributed by atoms with Gasteiger partial charge in [-0.05, 0) is 238 Å². The van der Waals surface area contributed by atoms with Crippen molar-refractivity contribution in [3.8, 4) is 0 Å². The Morgan fingerprint density at radius 3 is 1.03 bits per heavy atom. The van der Waals surface area contributed by atoms with Crippen molar-refractivity contribution in [3.63, 3.8) is 0 Å². The zero-order valence-electron chi connectivity index (χ0n) is 64.3. The molecule has 5 amide bonds. The fraction of sp³-hybridized carbons (Fsp3) is 0.870. The standard InChI is InChI=1S/C14H21N.C8H15NO.C8H17N.C7H14N2O.C7H15NO.2C7H13NO.C7H14.C6H14N2.C6H13N/c1-12(2)15-10-6-9-14(11-15)13-7-4-3-5-8-13;1-7(2)9-6-4-3-5-8(9)10;1-8(2)9-6-4-3-5-7-9;1-6(2)9-5-4-8(3)7(9)10;1-7(2)8-3-5-9-6-4-8;2*1-6(2)8-5-3-4-7(8)9;1-6(2)7-4-3-5-7;1-5(2)8-3-6(7)4-8;1-6(2)7-4-3-5-7/h3-5,7-8,12,14H,6,9-11H2,1-2H3;7H,3-6H2,1-2H3;8H,3-7H2,1-2H3;6H,4-5H2,1-3H3;7H,3-6H2,1-2H3;2*6H,3-5H2,1-2H3;6-7H,3-5H2,1-2H3;5-6H,3-4,7H2,1-2H3;6H,3-5H2,1-2H3. The van der Waals surface area contributed by atoms with Crippen molar-refractivity contribution >= 4 is 23.8 Å². The molecular weight excluding hydrogens is 1160 g/mol. The number of rotatable bonds is 11. The van der Waals surface area contributed by atoms with E-state index in [1.165, 1.54) is 109 Å². The first-order chi connectivity index (χ1) is 44.0. The van der Waals surface area contributed by atoms with Crippen LogP contribution in [0.15, 0.2) is 30.3 Å². The molecule has 93 heavy (non-hydrogen) atoms. The van der Waals surface area contributed by atoms with E-state index in [1.54, 1.807) is 4.90 Å². The summed E-state index contributed by atoms with van der Waals surface area (Å²) in [6, 6.07) is 16.7. The van der Waals surface area contributed by atoms with Gasteiger partial charge in [0.1, 0.15) is 0 Å². The lowest BCUT2D eigenvalue weighted by Gasteiger charge is -2.39. The van der Waals surface area contributed by atoms with Crippen LogP contribution in [0.4, 0.5) is 4.79 Å². The number of piperidine rings is 3. The second kappa shape index (κ2) is 47.5. The summed E-state index contributed by atoms with van der Waals surface area (Å²) in [6.07, 6.45) is 19.5. The summed E-state index contributed by atoms with van der Waals surface area (Å²) in [6.45, 7) is 62.4. The fourth-order valence-corrected chi connectivity index (χ4v) is 12.9. The molecule has 1 unspecified atom stereocenters. The Labute approximate surface area is 573 Å². The van der Waals surface area contributed by atoms with Crippen LogP contribution in [-0.4, -0.2) is 252 Å². The normalized spacial score (nSPS) is 21.8. The molecule has 1 atom stereocenters. The maximum atomic E-state index is 11.2. The fourth-order valence-electron chi connectivity index (χ4n) is 12.9. The first kappa shape index (κ1) is 85.7. The molecule has 0 spiro atoms. The number of urea groups is 1. The van der Waals surface area contributed by atoms with Crippen LogP contribution < -0.4 is 5.73 Å². The molecule has 10 aliphatic rings. The van der Waals surface area contributed by atoms with Crippen LogP contribution in [-0.2, 0) is 19.1 Å². The molecule has 0 bridgehead atoms. The molecule has 0 aromatic heterocycles. The second-order valence-electron chi connectivity index (χ2n) is 30.7. The summed E-state index contributed by atoms with van der Waals surface area (Å²) >= 11 is 0. The largest absolute Gasteiger partial charge is 0.379 e. The minimum Gasteiger partial charge on any atom is -0.379 e. The van der Waals surface area contributed by atoms with Crippen molar-refractivity contribution in [2.75, 3.05) is 118 Å². The van der Waals surface area contributed by atoms with Crippen molar-refractivity contribution in [2.45, 2.75) is 308 Å². The second-order valence-corrected chi connectivity index (χ2v) is 30.7. The number of amides is 5. The lowest BCUT2D eigenvalue weighted by molar-refractivity contribution is -0.135. The number of nitrogens with zero attached hydrogens (tertiary/aromatic N) is 10. The van der Waals surface area contributed by atoms with E-state index in [0.717, 1.165) is 140 Å². The predicted octanol–water partition coefficient (Wildman–Crippen LogP) is 13.7. The molecule has 1 aromatic rings. The van der Waals surface area contributed by atoms with Gasteiger partial charge in [-0.1, -0.05) is 69.9 Å². The van der Waals surface area contributed by atoms with Crippen LogP contribution >= 0.6 is 0 Å². The molecule has 1 aromatic carbocycles. The molecule has 9 aliphatic heterocycles. The van der Waals surface area contributed by atoms with E-state index in [0.29, 0.717) is 66.1 Å². The van der Waals surface area contributed by atoms with Gasteiger partial charge in [-0.15, -0.1) is 0 Å². The van der Waals surface area contributed by atoms with Crippen molar-refractivity contribution in [3.05, 3.63) is 35.9 Å². The SMILES string of the molecule is CC(C)C1CCC1.CC(C)N1CC(N)C1.CC(C)N1CCC1.CC(C)N1CCCC(c2ccccc2)C1.CC(C)N1CCCC1=O.CC(C)N1CCCC1=O.CC(C)N1CCCCC1.CC(C)N1CCCCC1=O.CC(C)N1CCN(C)C1=O.CC(C)N1CCOCC1. The number of ether oxygens (including phenoxy) is 1. The molecule has 542 valence electrons. The average molecular weight is 1310 g/mol. The Kier molecular flexibility index (Phi) is 43.8. The van der Waals surface area contributed by atoms with Crippen LogP contribution in [0.2, 0.25) is 0 Å². The van der Waals surface area contributed by atoms with E-state index in [1.807, 2.05) is 40.5 Å². The summed E-state index contributed by atoms with van der Waals surface area (Å²) in [7, 11) is 1.84. The number of morpholine rings is 1. The highest BCUT2D eigenvalue weighted by Crippen LogP contribution is 2.32. The van der Waals surface area contributed by atoms with E-state index in [4.69, 9.17) is 10.5 Å². The third kappa shape index (κ3) is 34.6. The van der Waals surface area contributed by atoms with Gasteiger partial charge in [0.25, 0.3) is 0 Å². The number of carbonyl (C=O) groups is 4. The van der Waals surface area contributed by atoms with E-state index in [9.17, 15) is 19.2 Å². The first-order valence-corrected chi connectivity index (χ1v) is 37.9. The van der Waals surface area contributed by atoms with Crippen LogP contribution in [0.25, 0.3) is 0 Å². The number of benzene rings is 1. The van der Waals surface area contributed by atoms with E-state index in [2.05, 4.69) is 179 Å². The molecule has 16 heteroatoms. The van der Waals surface area contributed by atoms with Crippen molar-refractivity contribution in [1.82, 2.24) is 49.0 Å². The summed E-state index contributed by atoms with van der Waals surface area (Å²) in [5, 5.41) is 0. The van der Waals surface area contributed by atoms with Gasteiger partial charge in [0.05, 0.1) is 13.2 Å². The van der Waals surface area contributed by atoms with Crippen LogP contribution in [0.5, 0.6) is 0 Å². The highest BCUT2D eigenvalue weighted by molar-refractivity contribution is 5.79. The average Bonchev–Trinajstić information content (AvgIpc) is 2.80. The zero-order chi connectivity index (χ0) is 69.7. The molecule has 2 N–H and O–H groups in total. The number of hydrogen-bond donors (Lipinski definition) is 1. The topological polar surface area (TPSA) is 136 Å². The molecule has 1 aliphatic carbocycles. The van der Waals surface area contributed by atoms with Crippen LogP contribution in [0, 0.1) is 11.8 Å². The van der Waals surface area contributed by atoms with Gasteiger partial charge < -0.3 is 49.7 Å². The van der Waals surface area contributed by atoms with E-state index < -0.39 is 0 Å². The Morgan fingerprint density at radius 1 is 0.366 bits per heavy atom. The van der Waals surface area contributed by atoms with Gasteiger partial charge in [0.15, 0.2) is 0 Å². The highest BCUT2D eigenvalue weighted by Gasteiger charge is 2.29. The maximum absolute atomic E-state index is 11.2. The molecule has 9 heterocycles. The molecule has 9 saturated heterocycles. The number of carbonyl (C=O) groups excluding carboxylic acids is 4. The number of nitrogens with two attached hydrogens (primary N) is 1. The molecule has 1 saturated carbocycles. The summed E-state index contributed by atoms with van der Waals surface area (Å²) in [5.41, 5.74) is 7.08. The summed E-state index contributed by atoms with van der Waals surface area (Å²) < 4.78 is 5.21. The predicted molar refractivity (Wildman–Crippen MR) is 394 cm³/mol. The number of likely N-dealkylation sites (N-methyl/N-ethyl adjacent to an activating group) is 1. The summed E-state index contributed by atoms with van der Waals surface area (Å²) in [4.78, 5) is 66.1. The monoisotopic (exact) mass is 1310 g/mol. The molecule has 10 fully saturated rings. The van der Waals surface area contributed by atoms with Crippen LogP contribution in [0.3, 0.4) is 0 Å². The van der Waals surface area contributed by atoms with E-state index >= 15 is 0 Å². The van der Waals surface area contributed by atoms with Gasteiger partial charge in [-0.2, -0.15) is 0 Å². The minimum atomic E-state index is 0.162. The van der Waals surface area contributed by atoms with Gasteiger partial charge in [-0.25, -0.2) is 4.79 Å². The van der Waals surface area contributed by atoms with Crippen molar-refractivity contribution in [2.24, 2.45) is 17.6 Å². The molecule has 11 rings (SSSR count). The Morgan fingerprint density at radius 2 is 0.763 bits per heavy atom. The minimum absolute atomic E-state index is 0.162. The van der Waals surface area contributed by atoms with Gasteiger partial charge in [0.2, 0.25) is 17.7 Å².